The highest BCUT2D eigenvalue weighted by Crippen LogP contribution is 2.53. The first kappa shape index (κ1) is 25.8. The van der Waals surface area contributed by atoms with Crippen LogP contribution in [0.3, 0.4) is 0 Å². The van der Waals surface area contributed by atoms with Gasteiger partial charge in [0.15, 0.2) is 0 Å². The highest BCUT2D eigenvalue weighted by molar-refractivity contribution is 5.74. The van der Waals surface area contributed by atoms with E-state index in [-0.39, 0.29) is 17.5 Å². The lowest BCUT2D eigenvalue weighted by Crippen LogP contribution is -2.45. The van der Waals surface area contributed by atoms with Crippen molar-refractivity contribution in [2.24, 2.45) is 5.92 Å². The van der Waals surface area contributed by atoms with E-state index in [0.29, 0.717) is 12.3 Å². The topological polar surface area (TPSA) is 38.8 Å². The molecule has 1 aliphatic carbocycles. The monoisotopic (exact) mass is 455 g/mol. The number of carbonyl (C=O) groups is 1. The molecule has 3 rings (SSSR count). The molecular formula is C29H45NO3. The van der Waals surface area contributed by atoms with Crippen LogP contribution in [0, 0.1) is 5.92 Å². The molecule has 0 aromatic heterocycles. The number of carbonyl (C=O) groups excluding carboxylic acids is 1. The van der Waals surface area contributed by atoms with E-state index in [2.05, 4.69) is 64.7 Å². The van der Waals surface area contributed by atoms with Crippen molar-refractivity contribution in [3.05, 3.63) is 34.9 Å². The molecule has 0 amide bonds. The molecule has 1 aromatic rings. The molecule has 0 radical (unpaired) electrons. The number of ether oxygens (including phenoxy) is 2. The Morgan fingerprint density at radius 1 is 1.15 bits per heavy atom. The zero-order chi connectivity index (χ0) is 24.0. The van der Waals surface area contributed by atoms with Gasteiger partial charge in [0, 0.05) is 23.8 Å². The van der Waals surface area contributed by atoms with Gasteiger partial charge in [0.2, 0.25) is 0 Å². The van der Waals surface area contributed by atoms with Crippen LogP contribution in [0.5, 0.6) is 11.5 Å². The summed E-state index contributed by atoms with van der Waals surface area (Å²) in [6.45, 7) is 16.2. The fourth-order valence-electron chi connectivity index (χ4n) is 5.53. The van der Waals surface area contributed by atoms with Gasteiger partial charge in [-0.3, -0.25) is 4.79 Å². The van der Waals surface area contributed by atoms with E-state index in [1.807, 2.05) is 0 Å². The molecule has 0 bridgehead atoms. The smallest absolute Gasteiger partial charge is 0.311 e. The third-order valence-electron chi connectivity index (χ3n) is 7.55. The molecule has 1 aliphatic heterocycles. The van der Waals surface area contributed by atoms with Crippen molar-refractivity contribution in [3.63, 3.8) is 0 Å². The van der Waals surface area contributed by atoms with Crippen LogP contribution < -0.4 is 9.47 Å². The third kappa shape index (κ3) is 6.41. The second kappa shape index (κ2) is 11.6. The quantitative estimate of drug-likeness (QED) is 0.155. The van der Waals surface area contributed by atoms with E-state index in [9.17, 15) is 4.79 Å². The summed E-state index contributed by atoms with van der Waals surface area (Å²) in [5, 5.41) is 0. The highest BCUT2D eigenvalue weighted by Gasteiger charge is 2.45. The molecule has 0 saturated heterocycles. The summed E-state index contributed by atoms with van der Waals surface area (Å²) in [5.74, 6) is 2.13. The van der Waals surface area contributed by atoms with Crippen molar-refractivity contribution in [1.82, 2.24) is 4.90 Å². The Morgan fingerprint density at radius 3 is 2.61 bits per heavy atom. The summed E-state index contributed by atoms with van der Waals surface area (Å²) in [7, 11) is 0. The lowest BCUT2D eigenvalue weighted by atomic mass is 9.68. The Hall–Kier alpha value is -1.81. The number of esters is 1. The van der Waals surface area contributed by atoms with Crippen molar-refractivity contribution in [2.45, 2.75) is 104 Å². The maximum Gasteiger partial charge on any atom is 0.311 e. The maximum atomic E-state index is 12.9. The number of hydrogen-bond acceptors (Lipinski definition) is 4. The Bertz CT molecular complexity index is 838. The van der Waals surface area contributed by atoms with Crippen LogP contribution in [0.2, 0.25) is 0 Å². The summed E-state index contributed by atoms with van der Waals surface area (Å²) < 4.78 is 12.7. The van der Waals surface area contributed by atoms with Gasteiger partial charge in [-0.1, -0.05) is 45.3 Å². The summed E-state index contributed by atoms with van der Waals surface area (Å²) in [4.78, 5) is 15.2. The number of allylic oxidation sites excluding steroid dienone is 2. The zero-order valence-corrected chi connectivity index (χ0v) is 21.8. The number of aryl methyl sites for hydroxylation is 1. The van der Waals surface area contributed by atoms with Gasteiger partial charge in [-0.05, 0) is 90.2 Å². The van der Waals surface area contributed by atoms with Gasteiger partial charge in [0.25, 0.3) is 0 Å². The fourth-order valence-corrected chi connectivity index (χ4v) is 5.53. The molecule has 184 valence electrons. The lowest BCUT2D eigenvalue weighted by Gasteiger charge is -2.46. The molecule has 4 nitrogen and oxygen atoms in total. The van der Waals surface area contributed by atoms with E-state index in [1.165, 1.54) is 24.0 Å². The summed E-state index contributed by atoms with van der Waals surface area (Å²) in [6.07, 6.45) is 10.4. The molecule has 0 spiro atoms. The molecule has 0 fully saturated rings. The van der Waals surface area contributed by atoms with Crippen molar-refractivity contribution >= 4 is 5.97 Å². The number of rotatable bonds is 11. The summed E-state index contributed by atoms with van der Waals surface area (Å²) in [5.41, 5.74) is 3.47. The van der Waals surface area contributed by atoms with E-state index in [1.54, 1.807) is 0 Å². The first-order chi connectivity index (χ1) is 15.8. The number of fused-ring (bicyclic) bond motifs is 3. The van der Waals surface area contributed by atoms with Crippen LogP contribution >= 0.6 is 0 Å². The van der Waals surface area contributed by atoms with E-state index in [0.717, 1.165) is 68.8 Å². The van der Waals surface area contributed by atoms with Crippen LogP contribution in [0.1, 0.15) is 104 Å². The molecule has 0 N–H and O–H groups in total. The highest BCUT2D eigenvalue weighted by atomic mass is 16.5. The predicted molar refractivity (Wildman–Crippen MR) is 136 cm³/mol. The van der Waals surface area contributed by atoms with Gasteiger partial charge >= 0.3 is 5.97 Å². The van der Waals surface area contributed by atoms with Crippen LogP contribution in [0.15, 0.2) is 23.8 Å². The second-order valence-corrected chi connectivity index (χ2v) is 10.5. The standard InChI is InChI=1S/C29H45NO3/c1-7-10-11-13-22-19-25(32-27(31)14-12-17-30(8-2)9-3)28-23-18-21(4)15-16-24(23)29(5,6)33-26(28)20-22/h18-20,23-24H,7-17H2,1-6H3/t23-,24-/m0/s1. The van der Waals surface area contributed by atoms with Crippen molar-refractivity contribution < 1.29 is 14.3 Å². The Labute approximate surface area is 201 Å². The summed E-state index contributed by atoms with van der Waals surface area (Å²) >= 11 is 0. The second-order valence-electron chi connectivity index (χ2n) is 10.5. The molecule has 4 heteroatoms. The normalized spacial score (nSPS) is 21.1. The first-order valence-corrected chi connectivity index (χ1v) is 13.2. The molecular weight excluding hydrogens is 410 g/mol. The van der Waals surface area contributed by atoms with Gasteiger partial charge in [-0.2, -0.15) is 0 Å². The SMILES string of the molecule is CCCCCc1cc(OC(=O)CCCN(CC)CC)c2c(c1)OC(C)(C)[C@H]1CCC(C)=C[C@H]21. The Morgan fingerprint density at radius 2 is 1.91 bits per heavy atom. The lowest BCUT2D eigenvalue weighted by molar-refractivity contribution is -0.134. The average molecular weight is 456 g/mol. The van der Waals surface area contributed by atoms with Gasteiger partial charge in [-0.25, -0.2) is 0 Å². The fraction of sp³-hybridized carbons (Fsp3) is 0.690. The molecule has 2 atom stereocenters. The third-order valence-corrected chi connectivity index (χ3v) is 7.55. The minimum atomic E-state index is -0.234. The number of benzene rings is 1. The zero-order valence-electron chi connectivity index (χ0n) is 21.8. The largest absolute Gasteiger partial charge is 0.487 e. The predicted octanol–water partition coefficient (Wildman–Crippen LogP) is 7.06. The minimum Gasteiger partial charge on any atom is -0.487 e. The van der Waals surface area contributed by atoms with E-state index < -0.39 is 0 Å². The molecule has 2 aliphatic rings. The number of hydrogen-bond donors (Lipinski definition) is 0. The summed E-state index contributed by atoms with van der Waals surface area (Å²) in [6, 6.07) is 4.33. The van der Waals surface area contributed by atoms with Gasteiger partial charge in [-0.15, -0.1) is 0 Å². The molecule has 0 unspecified atom stereocenters. The van der Waals surface area contributed by atoms with Crippen molar-refractivity contribution in [3.8, 4) is 11.5 Å². The minimum absolute atomic E-state index is 0.132. The molecule has 1 heterocycles. The maximum absolute atomic E-state index is 12.9. The number of nitrogens with zero attached hydrogens (tertiary/aromatic N) is 1. The average Bonchev–Trinajstić information content (AvgIpc) is 2.76. The van der Waals surface area contributed by atoms with Crippen molar-refractivity contribution in [2.75, 3.05) is 19.6 Å². The van der Waals surface area contributed by atoms with Crippen molar-refractivity contribution in [1.29, 1.82) is 0 Å². The van der Waals surface area contributed by atoms with Gasteiger partial charge in [0.1, 0.15) is 17.1 Å². The van der Waals surface area contributed by atoms with E-state index in [4.69, 9.17) is 9.47 Å². The van der Waals surface area contributed by atoms with Crippen LogP contribution in [0.25, 0.3) is 0 Å². The Balaban J connectivity index is 1.88. The van der Waals surface area contributed by atoms with E-state index >= 15 is 0 Å². The molecule has 0 saturated carbocycles. The van der Waals surface area contributed by atoms with Crippen LogP contribution in [-0.2, 0) is 11.2 Å². The van der Waals surface area contributed by atoms with Crippen LogP contribution in [-0.4, -0.2) is 36.1 Å². The molecule has 33 heavy (non-hydrogen) atoms. The van der Waals surface area contributed by atoms with Gasteiger partial charge in [0.05, 0.1) is 0 Å². The van der Waals surface area contributed by atoms with Gasteiger partial charge < -0.3 is 14.4 Å². The molecule has 1 aromatic carbocycles. The van der Waals surface area contributed by atoms with Crippen LogP contribution in [0.4, 0.5) is 0 Å². The Kier molecular flexibility index (Phi) is 9.03. The first-order valence-electron chi connectivity index (χ1n) is 13.2. The number of unbranched alkanes of at least 4 members (excludes halogenated alkanes) is 2.